The standard InChI is InChI=1S/C26H34FN3O4S/c27-23-8-6-21(7-9-23)19-29-15-4-5-22(20-29)26(31)28-14-18-34-24-10-12-25(13-11-24)35(32,33)30-16-2-1-3-17-30/h6-13,22H,1-5,14-20H2,(H,28,31). The van der Waals surface area contributed by atoms with Gasteiger partial charge in [0.25, 0.3) is 0 Å². The third-order valence-corrected chi connectivity index (χ3v) is 8.56. The summed E-state index contributed by atoms with van der Waals surface area (Å²) in [5.74, 6) is 0.258. The molecule has 1 N–H and O–H groups in total. The van der Waals surface area contributed by atoms with Crippen LogP contribution in [0.15, 0.2) is 53.4 Å². The topological polar surface area (TPSA) is 78.9 Å². The van der Waals surface area contributed by atoms with Crippen LogP contribution in [0.4, 0.5) is 4.39 Å². The highest BCUT2D eigenvalue weighted by Crippen LogP contribution is 2.23. The van der Waals surface area contributed by atoms with Crippen LogP contribution in [0, 0.1) is 11.7 Å². The van der Waals surface area contributed by atoms with Gasteiger partial charge in [-0.05, 0) is 74.2 Å². The predicted molar refractivity (Wildman–Crippen MR) is 132 cm³/mol. The van der Waals surface area contributed by atoms with Gasteiger partial charge in [0.15, 0.2) is 0 Å². The first-order valence-corrected chi connectivity index (χ1v) is 13.8. The van der Waals surface area contributed by atoms with Gasteiger partial charge < -0.3 is 10.1 Å². The molecule has 0 aromatic heterocycles. The number of carbonyl (C=O) groups is 1. The first-order valence-electron chi connectivity index (χ1n) is 12.4. The molecule has 35 heavy (non-hydrogen) atoms. The van der Waals surface area contributed by atoms with Gasteiger partial charge in [-0.1, -0.05) is 18.6 Å². The lowest BCUT2D eigenvalue weighted by molar-refractivity contribution is -0.126. The van der Waals surface area contributed by atoms with Crippen LogP contribution < -0.4 is 10.1 Å². The Balaban J connectivity index is 1.19. The second-order valence-corrected chi connectivity index (χ2v) is 11.2. The molecule has 7 nitrogen and oxygen atoms in total. The van der Waals surface area contributed by atoms with E-state index in [1.54, 1.807) is 40.7 Å². The molecule has 9 heteroatoms. The summed E-state index contributed by atoms with van der Waals surface area (Å²) in [6.07, 6.45) is 4.67. The van der Waals surface area contributed by atoms with Crippen LogP contribution in [0.2, 0.25) is 0 Å². The number of sulfonamides is 1. The van der Waals surface area contributed by atoms with Crippen LogP contribution in [-0.4, -0.2) is 62.9 Å². The van der Waals surface area contributed by atoms with Gasteiger partial charge in [0.05, 0.1) is 17.4 Å². The summed E-state index contributed by atoms with van der Waals surface area (Å²) in [7, 11) is -3.45. The maximum atomic E-state index is 13.1. The van der Waals surface area contributed by atoms with Crippen molar-refractivity contribution in [3.05, 3.63) is 59.9 Å². The molecule has 0 spiro atoms. The van der Waals surface area contributed by atoms with E-state index >= 15 is 0 Å². The largest absolute Gasteiger partial charge is 0.492 e. The SMILES string of the molecule is O=C(NCCOc1ccc(S(=O)(=O)N2CCCCC2)cc1)C1CCCN(Cc2ccc(F)cc2)C1. The molecular weight excluding hydrogens is 469 g/mol. The molecule has 0 saturated carbocycles. The average molecular weight is 504 g/mol. The van der Waals surface area contributed by atoms with E-state index < -0.39 is 10.0 Å². The van der Waals surface area contributed by atoms with Crippen LogP contribution in [-0.2, 0) is 21.4 Å². The van der Waals surface area contributed by atoms with E-state index in [9.17, 15) is 17.6 Å². The van der Waals surface area contributed by atoms with Gasteiger partial charge in [-0.3, -0.25) is 9.69 Å². The van der Waals surface area contributed by atoms with Crippen molar-refractivity contribution < 1.29 is 22.3 Å². The molecule has 4 rings (SSSR count). The molecule has 0 aliphatic carbocycles. The molecule has 2 fully saturated rings. The second-order valence-electron chi connectivity index (χ2n) is 9.28. The molecule has 2 aliphatic heterocycles. The molecule has 190 valence electrons. The van der Waals surface area contributed by atoms with Gasteiger partial charge >= 0.3 is 0 Å². The number of carbonyl (C=O) groups excluding carboxylic acids is 1. The lowest BCUT2D eigenvalue weighted by Crippen LogP contribution is -2.43. The number of likely N-dealkylation sites (tertiary alicyclic amines) is 1. The smallest absolute Gasteiger partial charge is 0.243 e. The molecule has 1 amide bonds. The van der Waals surface area contributed by atoms with Gasteiger partial charge in [0.1, 0.15) is 18.2 Å². The predicted octanol–water partition coefficient (Wildman–Crippen LogP) is 3.41. The van der Waals surface area contributed by atoms with Crippen LogP contribution in [0.3, 0.4) is 0 Å². The summed E-state index contributed by atoms with van der Waals surface area (Å²) < 4.78 is 45.9. The highest BCUT2D eigenvalue weighted by Gasteiger charge is 2.26. The minimum atomic E-state index is -3.45. The zero-order valence-corrected chi connectivity index (χ0v) is 20.8. The number of rotatable bonds is 9. The molecule has 0 bridgehead atoms. The van der Waals surface area contributed by atoms with Crippen molar-refractivity contribution >= 4 is 15.9 Å². The van der Waals surface area contributed by atoms with Crippen molar-refractivity contribution in [2.75, 3.05) is 39.3 Å². The van der Waals surface area contributed by atoms with E-state index in [-0.39, 0.29) is 22.5 Å². The Morgan fingerprint density at radius 2 is 1.69 bits per heavy atom. The van der Waals surface area contributed by atoms with E-state index in [2.05, 4.69) is 10.2 Å². The summed E-state index contributed by atoms with van der Waals surface area (Å²) in [5.41, 5.74) is 1.04. The number of benzene rings is 2. The zero-order chi connectivity index (χ0) is 24.7. The minimum absolute atomic E-state index is 0.0142. The molecule has 0 radical (unpaired) electrons. The number of nitrogens with one attached hydrogen (secondary N) is 1. The number of amides is 1. The first kappa shape index (κ1) is 25.6. The van der Waals surface area contributed by atoms with E-state index in [4.69, 9.17) is 4.74 Å². The third kappa shape index (κ3) is 7.02. The number of ether oxygens (including phenoxy) is 1. The Bertz CT molecular complexity index is 1070. The van der Waals surface area contributed by atoms with Crippen molar-refractivity contribution in [2.45, 2.75) is 43.5 Å². The fourth-order valence-electron chi connectivity index (χ4n) is 4.71. The van der Waals surface area contributed by atoms with Crippen LogP contribution in [0.25, 0.3) is 0 Å². The van der Waals surface area contributed by atoms with Crippen molar-refractivity contribution in [3.63, 3.8) is 0 Å². The normalized spacial score (nSPS) is 19.9. The Kier molecular flexibility index (Phi) is 8.75. The minimum Gasteiger partial charge on any atom is -0.492 e. The Morgan fingerprint density at radius 1 is 0.971 bits per heavy atom. The van der Waals surface area contributed by atoms with Gasteiger partial charge in [-0.15, -0.1) is 0 Å². The Morgan fingerprint density at radius 3 is 2.40 bits per heavy atom. The summed E-state index contributed by atoms with van der Waals surface area (Å²) >= 11 is 0. The number of piperidine rings is 2. The monoisotopic (exact) mass is 503 g/mol. The molecule has 2 heterocycles. The lowest BCUT2D eigenvalue weighted by Gasteiger charge is -2.32. The van der Waals surface area contributed by atoms with Gasteiger partial charge in [-0.25, -0.2) is 12.8 Å². The number of halogens is 1. The second kappa shape index (κ2) is 12.0. The van der Waals surface area contributed by atoms with Crippen LogP contribution >= 0.6 is 0 Å². The van der Waals surface area contributed by atoms with E-state index in [1.807, 2.05) is 0 Å². The summed E-state index contributed by atoms with van der Waals surface area (Å²) in [5, 5.41) is 2.95. The summed E-state index contributed by atoms with van der Waals surface area (Å²) in [4.78, 5) is 15.2. The summed E-state index contributed by atoms with van der Waals surface area (Å²) in [6.45, 7) is 4.13. The quantitative estimate of drug-likeness (QED) is 0.531. The first-order chi connectivity index (χ1) is 16.9. The van der Waals surface area contributed by atoms with E-state index in [0.717, 1.165) is 44.2 Å². The highest BCUT2D eigenvalue weighted by atomic mass is 32.2. The van der Waals surface area contributed by atoms with Gasteiger partial charge in [-0.2, -0.15) is 4.31 Å². The zero-order valence-electron chi connectivity index (χ0n) is 20.0. The Labute approximate surface area is 207 Å². The number of nitrogens with zero attached hydrogens (tertiary/aromatic N) is 2. The van der Waals surface area contributed by atoms with Crippen molar-refractivity contribution in [2.24, 2.45) is 5.92 Å². The molecule has 1 unspecified atom stereocenters. The summed E-state index contributed by atoms with van der Waals surface area (Å²) in [6, 6.07) is 13.0. The fraction of sp³-hybridized carbons (Fsp3) is 0.500. The maximum Gasteiger partial charge on any atom is 0.243 e. The van der Waals surface area contributed by atoms with Crippen molar-refractivity contribution in [1.29, 1.82) is 0 Å². The van der Waals surface area contributed by atoms with Crippen LogP contribution in [0.1, 0.15) is 37.7 Å². The van der Waals surface area contributed by atoms with Gasteiger partial charge in [0.2, 0.25) is 15.9 Å². The molecule has 1 atom stereocenters. The Hall–Kier alpha value is -2.49. The molecule has 2 aliphatic rings. The molecule has 2 aromatic carbocycles. The lowest BCUT2D eigenvalue weighted by atomic mass is 9.96. The highest BCUT2D eigenvalue weighted by molar-refractivity contribution is 7.89. The van der Waals surface area contributed by atoms with E-state index in [1.165, 1.54) is 12.1 Å². The van der Waals surface area contributed by atoms with Gasteiger partial charge in [0, 0.05) is 26.2 Å². The van der Waals surface area contributed by atoms with Crippen molar-refractivity contribution in [3.8, 4) is 5.75 Å². The third-order valence-electron chi connectivity index (χ3n) is 6.64. The fourth-order valence-corrected chi connectivity index (χ4v) is 6.23. The maximum absolute atomic E-state index is 13.1. The number of hydrogen-bond acceptors (Lipinski definition) is 5. The van der Waals surface area contributed by atoms with Crippen molar-refractivity contribution in [1.82, 2.24) is 14.5 Å². The van der Waals surface area contributed by atoms with E-state index in [0.29, 0.717) is 45.1 Å². The molecule has 2 aromatic rings. The number of hydrogen-bond donors (Lipinski definition) is 1. The van der Waals surface area contributed by atoms with Crippen LogP contribution in [0.5, 0.6) is 5.75 Å². The molecule has 2 saturated heterocycles. The average Bonchev–Trinajstić information content (AvgIpc) is 2.89. The molecular formula is C26H34FN3O4S.